The quantitative estimate of drug-likeness (QED) is 0.574. The maximum absolute atomic E-state index is 10.6. The molecule has 1 rings (SSSR count). The lowest BCUT2D eigenvalue weighted by Gasteiger charge is -2.08. The third kappa shape index (κ3) is 9.30. The molecule has 0 amide bonds. The van der Waals surface area contributed by atoms with Gasteiger partial charge in [-0.15, -0.1) is 0 Å². The van der Waals surface area contributed by atoms with Gasteiger partial charge in [-0.05, 0) is 12.8 Å². The summed E-state index contributed by atoms with van der Waals surface area (Å²) < 4.78 is 7.32. The molecule has 2 N–H and O–H groups in total. The van der Waals surface area contributed by atoms with Crippen LogP contribution in [0.15, 0.2) is 0 Å². The molecule has 5 nitrogen and oxygen atoms in total. The Labute approximate surface area is 113 Å². The van der Waals surface area contributed by atoms with Gasteiger partial charge in [-0.25, -0.2) is 4.79 Å². The Bertz CT molecular complexity index is 240. The van der Waals surface area contributed by atoms with E-state index in [2.05, 4.69) is 16.4 Å². The molecule has 1 fully saturated rings. The zero-order valence-electron chi connectivity index (χ0n) is 11.1. The first kappa shape index (κ1) is 17.2. The number of aliphatic carboxylic acids is 1. The first-order valence-electron chi connectivity index (χ1n) is 6.41. The lowest BCUT2D eigenvalue weighted by atomic mass is 9.97. The summed E-state index contributed by atoms with van der Waals surface area (Å²) in [5.74, 6) is -0.722. The van der Waals surface area contributed by atoms with E-state index in [4.69, 9.17) is 5.11 Å². The van der Waals surface area contributed by atoms with Crippen molar-refractivity contribution in [1.82, 2.24) is 4.72 Å². The average molecular weight is 277 g/mol. The van der Waals surface area contributed by atoms with E-state index in [1.54, 1.807) is 0 Å². The highest BCUT2D eigenvalue weighted by Gasteiger charge is 2.14. The number of carbonyl (C=O) groups is 2. The molecule has 0 radical (unpaired) electrons. The van der Waals surface area contributed by atoms with Crippen LogP contribution in [0.2, 0.25) is 0 Å². The molecular weight excluding hydrogens is 254 g/mol. The van der Waals surface area contributed by atoms with Crippen LogP contribution in [0.25, 0.3) is 0 Å². The minimum atomic E-state index is -0.625. The first-order valence-corrected chi connectivity index (χ1v) is 7.22. The van der Waals surface area contributed by atoms with Crippen molar-refractivity contribution in [2.75, 3.05) is 13.2 Å². The van der Waals surface area contributed by atoms with Crippen molar-refractivity contribution in [3.8, 4) is 0 Å². The third-order valence-corrected chi connectivity index (χ3v) is 3.11. The Kier molecular flexibility index (Phi) is 10.9. The van der Waals surface area contributed by atoms with Crippen LogP contribution in [-0.2, 0) is 9.53 Å². The Morgan fingerprint density at radius 1 is 1.44 bits per heavy atom. The molecule has 1 aliphatic rings. The molecule has 106 valence electrons. The zero-order valence-corrected chi connectivity index (χ0v) is 11.9. The highest BCUT2D eigenvalue weighted by Crippen LogP contribution is 2.14. The Morgan fingerprint density at radius 3 is 2.50 bits per heavy atom. The van der Waals surface area contributed by atoms with Crippen LogP contribution in [0.4, 0.5) is 4.79 Å². The summed E-state index contributed by atoms with van der Waals surface area (Å²) >= 11 is 1.01. The van der Waals surface area contributed by atoms with Gasteiger partial charge in [-0.1, -0.05) is 33.1 Å². The van der Waals surface area contributed by atoms with E-state index in [-0.39, 0.29) is 11.2 Å². The number of hydrogen-bond acceptors (Lipinski definition) is 5. The number of carboxylic acid groups (broad SMARTS) is 1. The molecule has 0 aromatic carbocycles. The smallest absolute Gasteiger partial charge is 0.382 e. The maximum atomic E-state index is 10.6. The molecule has 1 saturated heterocycles. The molecule has 1 aliphatic heterocycles. The lowest BCUT2D eigenvalue weighted by Crippen LogP contribution is -2.22. The van der Waals surface area contributed by atoms with Crippen molar-refractivity contribution in [2.24, 2.45) is 5.92 Å². The molecule has 0 aliphatic carbocycles. The van der Waals surface area contributed by atoms with E-state index in [9.17, 15) is 9.59 Å². The number of carbonyl (C=O) groups excluding carboxylic acids is 1. The molecule has 0 spiro atoms. The van der Waals surface area contributed by atoms with Gasteiger partial charge in [-0.3, -0.25) is 9.52 Å². The summed E-state index contributed by atoms with van der Waals surface area (Å²) in [5, 5.41) is 8.50. The number of rotatable bonds is 6. The van der Waals surface area contributed by atoms with E-state index >= 15 is 0 Å². The molecule has 1 unspecified atom stereocenters. The van der Waals surface area contributed by atoms with Crippen molar-refractivity contribution in [3.05, 3.63) is 0 Å². The molecule has 0 bridgehead atoms. The molecular formula is C12H23NO4S. The van der Waals surface area contributed by atoms with Crippen LogP contribution in [0.5, 0.6) is 0 Å². The monoisotopic (exact) mass is 277 g/mol. The number of ether oxygens (including phenoxy) is 1. The molecule has 6 heteroatoms. The topological polar surface area (TPSA) is 75.6 Å². The van der Waals surface area contributed by atoms with Crippen LogP contribution >= 0.6 is 11.9 Å². The Balaban J connectivity index is 0.000000351. The van der Waals surface area contributed by atoms with Crippen LogP contribution < -0.4 is 4.72 Å². The zero-order chi connectivity index (χ0) is 13.8. The second-order valence-electron chi connectivity index (χ2n) is 4.06. The fraction of sp³-hybridized carbons (Fsp3) is 0.833. The number of hydrogen-bond donors (Lipinski definition) is 2. The van der Waals surface area contributed by atoms with Crippen LogP contribution in [-0.4, -0.2) is 29.5 Å². The standard InChI is InChI=1S/C9H18O2.C3H5NO2S/c1-3-5-7-8(6-4-2)9(10)11;5-3-6-2-1-4-7-3/h8H,3-7H2,1-2H3,(H,10,11);4H,1-2H2. The van der Waals surface area contributed by atoms with Crippen molar-refractivity contribution in [3.63, 3.8) is 0 Å². The fourth-order valence-electron chi connectivity index (χ4n) is 1.51. The molecule has 0 aromatic rings. The summed E-state index contributed by atoms with van der Waals surface area (Å²) in [7, 11) is 0. The number of unbranched alkanes of at least 4 members (excludes halogenated alkanes) is 1. The van der Waals surface area contributed by atoms with Gasteiger partial charge in [0.1, 0.15) is 6.61 Å². The average Bonchev–Trinajstić information content (AvgIpc) is 2.36. The van der Waals surface area contributed by atoms with Gasteiger partial charge in [-0.2, -0.15) is 0 Å². The summed E-state index contributed by atoms with van der Waals surface area (Å²) in [6.45, 7) is 5.38. The highest BCUT2D eigenvalue weighted by molar-refractivity contribution is 8.11. The molecule has 1 heterocycles. The summed E-state index contributed by atoms with van der Waals surface area (Å²) in [6, 6.07) is 0. The summed E-state index contributed by atoms with van der Waals surface area (Å²) in [6.07, 6.45) is 4.78. The van der Waals surface area contributed by atoms with Gasteiger partial charge < -0.3 is 9.84 Å². The van der Waals surface area contributed by atoms with Crippen LogP contribution in [0.1, 0.15) is 46.0 Å². The fourth-order valence-corrected chi connectivity index (χ4v) is 1.95. The Hall–Kier alpha value is -0.750. The van der Waals surface area contributed by atoms with E-state index in [1.165, 1.54) is 0 Å². The second-order valence-corrected chi connectivity index (χ2v) is 4.89. The minimum Gasteiger partial charge on any atom is -0.481 e. The second kappa shape index (κ2) is 11.3. The number of nitrogens with one attached hydrogen (secondary N) is 1. The molecule has 1 atom stereocenters. The number of carboxylic acids is 1. The normalized spacial score (nSPS) is 16.2. The van der Waals surface area contributed by atoms with Gasteiger partial charge in [0.05, 0.1) is 5.92 Å². The van der Waals surface area contributed by atoms with E-state index in [0.29, 0.717) is 6.61 Å². The third-order valence-electron chi connectivity index (χ3n) is 2.47. The molecule has 18 heavy (non-hydrogen) atoms. The van der Waals surface area contributed by atoms with E-state index in [0.717, 1.165) is 50.6 Å². The minimum absolute atomic E-state index is 0.0973. The van der Waals surface area contributed by atoms with Gasteiger partial charge in [0.2, 0.25) is 0 Å². The summed E-state index contributed by atoms with van der Waals surface area (Å²) in [4.78, 5) is 20.7. The largest absolute Gasteiger partial charge is 0.481 e. The van der Waals surface area contributed by atoms with Crippen molar-refractivity contribution < 1.29 is 19.4 Å². The molecule has 0 aromatic heterocycles. The van der Waals surface area contributed by atoms with Crippen molar-refractivity contribution >= 4 is 23.2 Å². The predicted molar refractivity (Wildman–Crippen MR) is 72.5 cm³/mol. The maximum Gasteiger partial charge on any atom is 0.382 e. The molecule has 0 saturated carbocycles. The van der Waals surface area contributed by atoms with Gasteiger partial charge in [0.25, 0.3) is 0 Å². The van der Waals surface area contributed by atoms with Crippen molar-refractivity contribution in [2.45, 2.75) is 46.0 Å². The van der Waals surface area contributed by atoms with E-state index < -0.39 is 5.97 Å². The number of cyclic esters (lactones) is 1. The van der Waals surface area contributed by atoms with Crippen LogP contribution in [0.3, 0.4) is 0 Å². The SMILES string of the molecule is CCCCC(CCC)C(=O)O.O=C1OCCNS1. The highest BCUT2D eigenvalue weighted by atomic mass is 32.2. The van der Waals surface area contributed by atoms with Crippen molar-refractivity contribution in [1.29, 1.82) is 0 Å². The predicted octanol–water partition coefficient (Wildman–Crippen LogP) is 3.05. The first-order chi connectivity index (χ1) is 8.61. The van der Waals surface area contributed by atoms with Gasteiger partial charge >= 0.3 is 11.3 Å². The van der Waals surface area contributed by atoms with Gasteiger partial charge in [0, 0.05) is 18.5 Å². The summed E-state index contributed by atoms with van der Waals surface area (Å²) in [5.41, 5.74) is 0. The van der Waals surface area contributed by atoms with E-state index in [1.807, 2.05) is 6.92 Å². The Morgan fingerprint density at radius 2 is 2.17 bits per heavy atom. The van der Waals surface area contributed by atoms with Crippen LogP contribution in [0, 0.1) is 5.92 Å². The van der Waals surface area contributed by atoms with Gasteiger partial charge in [0.15, 0.2) is 0 Å². The lowest BCUT2D eigenvalue weighted by molar-refractivity contribution is -0.142.